The Balaban J connectivity index is 1.36. The number of methoxy groups -OCH3 is 1. The quantitative estimate of drug-likeness (QED) is 0.282. The first kappa shape index (κ1) is 26.4. The molecule has 0 spiro atoms. The van der Waals surface area contributed by atoms with Gasteiger partial charge in [0.05, 0.1) is 12.0 Å². The second kappa shape index (κ2) is 12.0. The fourth-order valence-corrected chi connectivity index (χ4v) is 4.40. The summed E-state index contributed by atoms with van der Waals surface area (Å²) in [5.41, 5.74) is 3.41. The van der Waals surface area contributed by atoms with Crippen molar-refractivity contribution in [2.24, 2.45) is 0 Å². The minimum absolute atomic E-state index is 0.00956. The third-order valence-corrected chi connectivity index (χ3v) is 6.83. The second-order valence-corrected chi connectivity index (χ2v) is 9.83. The fraction of sp³-hybridized carbons (Fsp3) is 0.107. The van der Waals surface area contributed by atoms with E-state index in [1.165, 1.54) is 42.7 Å². The molecular weight excluding hydrogens is 504 g/mol. The molecule has 0 radical (unpaired) electrons. The van der Waals surface area contributed by atoms with Gasteiger partial charge in [-0.25, -0.2) is 23.1 Å². The molecule has 0 saturated carbocycles. The van der Waals surface area contributed by atoms with Crippen molar-refractivity contribution in [3.05, 3.63) is 108 Å². The first-order valence-corrected chi connectivity index (χ1v) is 13.1. The molecule has 1 amide bonds. The molecule has 0 aliphatic rings. The second-order valence-electron chi connectivity index (χ2n) is 8.15. The summed E-state index contributed by atoms with van der Waals surface area (Å²) in [6, 6.07) is 20.7. The molecule has 0 atom stereocenters. The molecule has 4 rings (SSSR count). The van der Waals surface area contributed by atoms with Crippen LogP contribution in [0.4, 0.5) is 11.6 Å². The Morgan fingerprint density at radius 2 is 1.68 bits per heavy atom. The summed E-state index contributed by atoms with van der Waals surface area (Å²) in [5.74, 6) is 0.737. The number of hydrogen-bond donors (Lipinski definition) is 2. The molecule has 0 aliphatic heterocycles. The van der Waals surface area contributed by atoms with Crippen LogP contribution in [0, 0.1) is 6.92 Å². The zero-order valence-corrected chi connectivity index (χ0v) is 21.6. The lowest BCUT2D eigenvalue weighted by Gasteiger charge is -2.12. The molecule has 194 valence electrons. The average Bonchev–Trinajstić information content (AvgIpc) is 2.92. The lowest BCUT2D eigenvalue weighted by molar-refractivity contribution is -0.111. The van der Waals surface area contributed by atoms with E-state index in [0.29, 0.717) is 23.8 Å². The Morgan fingerprint density at radius 3 is 2.39 bits per heavy atom. The molecule has 2 N–H and O–H groups in total. The molecule has 0 unspecified atom stereocenters. The third kappa shape index (κ3) is 6.95. The van der Waals surface area contributed by atoms with Gasteiger partial charge in [0, 0.05) is 24.2 Å². The standard InChI is InChI=1S/C28H26N4O5S/c1-20-6-3-4-7-22(20)19-37-25-14-8-21(18-26(25)36-2)9-15-27(33)31-23-10-12-24(13-11-23)38(34,35)32-28-29-16-5-17-30-28/h3-18H,19H2,1-2H3,(H,31,33)(H,29,30,32)/b15-9+. The summed E-state index contributed by atoms with van der Waals surface area (Å²) < 4.78 is 38.7. The molecule has 10 heteroatoms. The van der Waals surface area contributed by atoms with E-state index in [4.69, 9.17) is 9.47 Å². The summed E-state index contributed by atoms with van der Waals surface area (Å²) in [7, 11) is -2.30. The van der Waals surface area contributed by atoms with Gasteiger partial charge in [0.1, 0.15) is 6.61 Å². The Bertz CT molecular complexity index is 1540. The van der Waals surface area contributed by atoms with Crippen molar-refractivity contribution >= 4 is 33.6 Å². The van der Waals surface area contributed by atoms with E-state index < -0.39 is 10.0 Å². The van der Waals surface area contributed by atoms with Gasteiger partial charge in [-0.3, -0.25) is 4.79 Å². The Labute approximate surface area is 221 Å². The van der Waals surface area contributed by atoms with Gasteiger partial charge in [-0.1, -0.05) is 30.3 Å². The van der Waals surface area contributed by atoms with Crippen molar-refractivity contribution in [3.63, 3.8) is 0 Å². The minimum atomic E-state index is -3.86. The van der Waals surface area contributed by atoms with Gasteiger partial charge in [0.25, 0.3) is 10.0 Å². The van der Waals surface area contributed by atoms with Crippen molar-refractivity contribution < 1.29 is 22.7 Å². The molecule has 0 bridgehead atoms. The molecule has 0 saturated heterocycles. The van der Waals surface area contributed by atoms with Gasteiger partial charge < -0.3 is 14.8 Å². The number of nitrogens with one attached hydrogen (secondary N) is 2. The van der Waals surface area contributed by atoms with Crippen LogP contribution in [0.3, 0.4) is 0 Å². The monoisotopic (exact) mass is 530 g/mol. The fourth-order valence-electron chi connectivity index (χ4n) is 3.44. The number of ether oxygens (including phenoxy) is 2. The highest BCUT2D eigenvalue weighted by Gasteiger charge is 2.15. The van der Waals surface area contributed by atoms with Gasteiger partial charge in [-0.15, -0.1) is 0 Å². The van der Waals surface area contributed by atoms with Crippen LogP contribution < -0.4 is 19.5 Å². The van der Waals surface area contributed by atoms with Crippen molar-refractivity contribution in [2.75, 3.05) is 17.1 Å². The van der Waals surface area contributed by atoms with Crippen LogP contribution in [0.1, 0.15) is 16.7 Å². The van der Waals surface area contributed by atoms with Crippen molar-refractivity contribution in [1.29, 1.82) is 0 Å². The van der Waals surface area contributed by atoms with E-state index in [0.717, 1.165) is 16.7 Å². The van der Waals surface area contributed by atoms with Crippen LogP contribution in [0.25, 0.3) is 6.08 Å². The summed E-state index contributed by atoms with van der Waals surface area (Å²) in [6.07, 6.45) is 5.89. The number of carbonyl (C=O) groups excluding carboxylic acids is 1. The first-order chi connectivity index (χ1) is 18.3. The number of amides is 1. The number of carbonyl (C=O) groups is 1. The van der Waals surface area contributed by atoms with Crippen LogP contribution in [-0.2, 0) is 21.4 Å². The predicted molar refractivity (Wildman–Crippen MR) is 145 cm³/mol. The van der Waals surface area contributed by atoms with Crippen LogP contribution in [0.2, 0.25) is 0 Å². The number of rotatable bonds is 10. The van der Waals surface area contributed by atoms with Gasteiger partial charge >= 0.3 is 0 Å². The van der Waals surface area contributed by atoms with E-state index in [1.807, 2.05) is 37.3 Å². The molecule has 1 aromatic heterocycles. The van der Waals surface area contributed by atoms with E-state index in [1.54, 1.807) is 31.4 Å². The van der Waals surface area contributed by atoms with Crippen molar-refractivity contribution in [1.82, 2.24) is 9.97 Å². The van der Waals surface area contributed by atoms with Crippen LogP contribution in [0.15, 0.2) is 96.2 Å². The number of aromatic nitrogens is 2. The van der Waals surface area contributed by atoms with Gasteiger partial charge in [-0.05, 0) is 72.2 Å². The zero-order valence-electron chi connectivity index (χ0n) is 20.8. The van der Waals surface area contributed by atoms with Crippen LogP contribution in [-0.4, -0.2) is 31.4 Å². The molecule has 0 aliphatic carbocycles. The summed E-state index contributed by atoms with van der Waals surface area (Å²) >= 11 is 0. The summed E-state index contributed by atoms with van der Waals surface area (Å²) in [5, 5.41) is 2.70. The van der Waals surface area contributed by atoms with E-state index in [2.05, 4.69) is 20.0 Å². The predicted octanol–water partition coefficient (Wildman–Crippen LogP) is 4.83. The zero-order chi connectivity index (χ0) is 27.0. The van der Waals surface area contributed by atoms with E-state index >= 15 is 0 Å². The van der Waals surface area contributed by atoms with E-state index in [9.17, 15) is 13.2 Å². The molecular formula is C28H26N4O5S. The summed E-state index contributed by atoms with van der Waals surface area (Å²) in [6.45, 7) is 2.45. The summed E-state index contributed by atoms with van der Waals surface area (Å²) in [4.78, 5) is 20.1. The highest BCUT2D eigenvalue weighted by atomic mass is 32.2. The SMILES string of the molecule is COc1cc(/C=C/C(=O)Nc2ccc(S(=O)(=O)Nc3ncccn3)cc2)ccc1OCc1ccccc1C. The highest BCUT2D eigenvalue weighted by molar-refractivity contribution is 7.92. The molecule has 9 nitrogen and oxygen atoms in total. The van der Waals surface area contributed by atoms with Crippen molar-refractivity contribution in [2.45, 2.75) is 18.4 Å². The molecule has 4 aromatic rings. The Kier molecular flexibility index (Phi) is 8.34. The first-order valence-electron chi connectivity index (χ1n) is 11.6. The number of nitrogens with zero attached hydrogens (tertiary/aromatic N) is 2. The number of hydrogen-bond acceptors (Lipinski definition) is 7. The highest BCUT2D eigenvalue weighted by Crippen LogP contribution is 2.29. The maximum absolute atomic E-state index is 12.5. The molecule has 3 aromatic carbocycles. The molecule has 1 heterocycles. The lowest BCUT2D eigenvalue weighted by Crippen LogP contribution is -2.15. The van der Waals surface area contributed by atoms with Crippen molar-refractivity contribution in [3.8, 4) is 11.5 Å². The number of sulfonamides is 1. The Morgan fingerprint density at radius 1 is 0.947 bits per heavy atom. The van der Waals surface area contributed by atoms with Gasteiger partial charge in [-0.2, -0.15) is 0 Å². The van der Waals surface area contributed by atoms with Crippen LogP contribution >= 0.6 is 0 Å². The third-order valence-electron chi connectivity index (χ3n) is 5.48. The molecule has 0 fully saturated rings. The number of aryl methyl sites for hydroxylation is 1. The topological polar surface area (TPSA) is 120 Å². The normalized spacial score (nSPS) is 11.2. The largest absolute Gasteiger partial charge is 0.493 e. The van der Waals surface area contributed by atoms with Crippen LogP contribution in [0.5, 0.6) is 11.5 Å². The number of anilines is 2. The lowest BCUT2D eigenvalue weighted by atomic mass is 10.1. The van der Waals surface area contributed by atoms with Gasteiger partial charge in [0.2, 0.25) is 11.9 Å². The number of benzene rings is 3. The molecule has 38 heavy (non-hydrogen) atoms. The Hall–Kier alpha value is -4.70. The van der Waals surface area contributed by atoms with E-state index in [-0.39, 0.29) is 16.8 Å². The average molecular weight is 531 g/mol. The van der Waals surface area contributed by atoms with Gasteiger partial charge in [0.15, 0.2) is 11.5 Å². The maximum Gasteiger partial charge on any atom is 0.264 e. The minimum Gasteiger partial charge on any atom is -0.493 e. The smallest absolute Gasteiger partial charge is 0.264 e. The maximum atomic E-state index is 12.5.